The van der Waals surface area contributed by atoms with Crippen LogP contribution in [0.4, 0.5) is 4.39 Å². The molecule has 0 saturated heterocycles. The first kappa shape index (κ1) is 11.1. The zero-order valence-electron chi connectivity index (χ0n) is 9.50. The van der Waals surface area contributed by atoms with Gasteiger partial charge in [0.2, 0.25) is 0 Å². The second kappa shape index (κ2) is 4.24. The Kier molecular flexibility index (Phi) is 2.95. The van der Waals surface area contributed by atoms with Crippen LogP contribution < -0.4 is 4.74 Å². The maximum absolute atomic E-state index is 13.4. The maximum Gasteiger partial charge on any atom is 0.173 e. The number of ketones is 1. The Hall–Kier alpha value is -1.38. The topological polar surface area (TPSA) is 26.3 Å². The molecule has 0 saturated carbocycles. The van der Waals surface area contributed by atoms with Crippen molar-refractivity contribution in [3.05, 3.63) is 29.6 Å². The third-order valence-corrected chi connectivity index (χ3v) is 2.68. The lowest BCUT2D eigenvalue weighted by molar-refractivity contribution is -0.125. The van der Waals surface area contributed by atoms with Crippen LogP contribution in [-0.2, 0) is 11.2 Å². The van der Waals surface area contributed by atoms with Gasteiger partial charge in [0.15, 0.2) is 23.5 Å². The molecule has 2 rings (SSSR count). The molecule has 0 fully saturated rings. The predicted octanol–water partition coefficient (Wildman–Crippen LogP) is 2.74. The van der Waals surface area contributed by atoms with E-state index in [1.807, 2.05) is 13.8 Å². The summed E-state index contributed by atoms with van der Waals surface area (Å²) in [4.78, 5) is 11.8. The summed E-state index contributed by atoms with van der Waals surface area (Å²) in [6.45, 7) is 3.97. The van der Waals surface area contributed by atoms with Gasteiger partial charge >= 0.3 is 0 Å². The lowest BCUT2D eigenvalue weighted by atomic mass is 10.0. The minimum atomic E-state index is -0.491. The lowest BCUT2D eigenvalue weighted by Gasteiger charge is -2.10. The molecular formula is C13H15FO2. The Morgan fingerprint density at radius 2 is 2.31 bits per heavy atom. The lowest BCUT2D eigenvalue weighted by Crippen LogP contribution is -2.26. The molecule has 16 heavy (non-hydrogen) atoms. The number of para-hydroxylation sites is 1. The van der Waals surface area contributed by atoms with Gasteiger partial charge in [0.05, 0.1) is 0 Å². The molecule has 0 bridgehead atoms. The van der Waals surface area contributed by atoms with E-state index in [9.17, 15) is 9.18 Å². The van der Waals surface area contributed by atoms with E-state index < -0.39 is 6.10 Å². The third-order valence-electron chi connectivity index (χ3n) is 2.68. The zero-order valence-corrected chi connectivity index (χ0v) is 9.50. The number of hydrogen-bond acceptors (Lipinski definition) is 2. The van der Waals surface area contributed by atoms with Gasteiger partial charge in [-0.2, -0.15) is 0 Å². The van der Waals surface area contributed by atoms with Crippen molar-refractivity contribution in [1.82, 2.24) is 0 Å². The van der Waals surface area contributed by atoms with E-state index in [2.05, 4.69) is 0 Å². The number of carbonyl (C=O) groups excluding carboxylic acids is 1. The van der Waals surface area contributed by atoms with Gasteiger partial charge in [0.1, 0.15) is 0 Å². The SMILES string of the molecule is CC(C)CC(=O)C1Cc2cccc(F)c2O1. The molecule has 0 aromatic heterocycles. The highest BCUT2D eigenvalue weighted by Crippen LogP contribution is 2.32. The van der Waals surface area contributed by atoms with Gasteiger partial charge in [-0.3, -0.25) is 4.79 Å². The van der Waals surface area contributed by atoms with Crippen LogP contribution in [0.15, 0.2) is 18.2 Å². The summed E-state index contributed by atoms with van der Waals surface area (Å²) in [7, 11) is 0. The second-order valence-electron chi connectivity index (χ2n) is 4.60. The molecule has 1 aliphatic heterocycles. The molecule has 1 aromatic rings. The van der Waals surface area contributed by atoms with Gasteiger partial charge < -0.3 is 4.74 Å². The van der Waals surface area contributed by atoms with Crippen molar-refractivity contribution in [2.75, 3.05) is 0 Å². The van der Waals surface area contributed by atoms with E-state index in [-0.39, 0.29) is 17.3 Å². The molecule has 0 aliphatic carbocycles. The van der Waals surface area contributed by atoms with E-state index >= 15 is 0 Å². The van der Waals surface area contributed by atoms with Crippen molar-refractivity contribution in [1.29, 1.82) is 0 Å². The zero-order chi connectivity index (χ0) is 11.7. The molecule has 0 N–H and O–H groups in total. The first-order valence-electron chi connectivity index (χ1n) is 5.54. The fraction of sp³-hybridized carbons (Fsp3) is 0.462. The summed E-state index contributed by atoms with van der Waals surface area (Å²) in [6.07, 6.45) is 0.494. The molecule has 0 radical (unpaired) electrons. The van der Waals surface area contributed by atoms with Crippen LogP contribution in [0.5, 0.6) is 5.75 Å². The number of fused-ring (bicyclic) bond motifs is 1. The predicted molar refractivity (Wildman–Crippen MR) is 59.0 cm³/mol. The first-order chi connectivity index (χ1) is 7.58. The molecule has 1 atom stereocenters. The highest BCUT2D eigenvalue weighted by atomic mass is 19.1. The number of halogens is 1. The minimum absolute atomic E-state index is 0.0607. The fourth-order valence-corrected chi connectivity index (χ4v) is 1.94. The second-order valence-corrected chi connectivity index (χ2v) is 4.60. The number of hydrogen-bond donors (Lipinski definition) is 0. The van der Waals surface area contributed by atoms with E-state index in [0.29, 0.717) is 18.8 Å². The molecule has 1 heterocycles. The Morgan fingerprint density at radius 3 is 2.94 bits per heavy atom. The number of Topliss-reactive ketones (excluding diaryl/α,β-unsaturated/α-hetero) is 1. The van der Waals surface area contributed by atoms with Gasteiger partial charge in [0.25, 0.3) is 0 Å². The molecule has 1 unspecified atom stereocenters. The van der Waals surface area contributed by atoms with Crippen LogP contribution in [0.25, 0.3) is 0 Å². The van der Waals surface area contributed by atoms with E-state index in [1.165, 1.54) is 6.07 Å². The molecular weight excluding hydrogens is 207 g/mol. The van der Waals surface area contributed by atoms with Gasteiger partial charge in [-0.05, 0) is 12.0 Å². The Morgan fingerprint density at radius 1 is 1.56 bits per heavy atom. The van der Waals surface area contributed by atoms with Crippen LogP contribution >= 0.6 is 0 Å². The molecule has 86 valence electrons. The molecule has 0 spiro atoms. The number of benzene rings is 1. The largest absolute Gasteiger partial charge is 0.479 e. The average Bonchev–Trinajstić information content (AvgIpc) is 2.61. The molecule has 2 nitrogen and oxygen atoms in total. The maximum atomic E-state index is 13.4. The highest BCUT2D eigenvalue weighted by molar-refractivity contribution is 5.84. The van der Waals surface area contributed by atoms with E-state index in [4.69, 9.17) is 4.74 Å². The van der Waals surface area contributed by atoms with Crippen LogP contribution in [0.3, 0.4) is 0 Å². The Balaban J connectivity index is 2.11. The van der Waals surface area contributed by atoms with Crippen LogP contribution in [0, 0.1) is 11.7 Å². The van der Waals surface area contributed by atoms with Gasteiger partial charge in [0, 0.05) is 18.4 Å². The van der Waals surface area contributed by atoms with Crippen molar-refractivity contribution in [3.8, 4) is 5.75 Å². The standard InChI is InChI=1S/C13H15FO2/c1-8(2)6-11(15)12-7-9-4-3-5-10(14)13(9)16-12/h3-5,8,12H,6-7H2,1-2H3. The molecule has 0 amide bonds. The normalized spacial score (nSPS) is 18.4. The third kappa shape index (κ3) is 2.08. The van der Waals surface area contributed by atoms with Crippen molar-refractivity contribution >= 4 is 5.78 Å². The Bertz CT molecular complexity index is 412. The van der Waals surface area contributed by atoms with Crippen molar-refractivity contribution in [3.63, 3.8) is 0 Å². The smallest absolute Gasteiger partial charge is 0.173 e. The summed E-state index contributed by atoms with van der Waals surface area (Å²) < 4.78 is 18.7. The van der Waals surface area contributed by atoms with Crippen molar-refractivity contribution in [2.24, 2.45) is 5.92 Å². The summed E-state index contributed by atoms with van der Waals surface area (Å²) in [5.41, 5.74) is 0.794. The highest BCUT2D eigenvalue weighted by Gasteiger charge is 2.30. The van der Waals surface area contributed by atoms with Crippen molar-refractivity contribution in [2.45, 2.75) is 32.8 Å². The summed E-state index contributed by atoms with van der Waals surface area (Å²) >= 11 is 0. The van der Waals surface area contributed by atoms with Crippen LogP contribution in [0.2, 0.25) is 0 Å². The minimum Gasteiger partial charge on any atom is -0.479 e. The number of carbonyl (C=O) groups is 1. The quantitative estimate of drug-likeness (QED) is 0.786. The monoisotopic (exact) mass is 222 g/mol. The molecule has 1 aliphatic rings. The number of rotatable bonds is 3. The average molecular weight is 222 g/mol. The molecule has 3 heteroatoms. The number of ether oxygens (including phenoxy) is 1. The first-order valence-corrected chi connectivity index (χ1v) is 5.54. The van der Waals surface area contributed by atoms with Crippen LogP contribution in [0.1, 0.15) is 25.8 Å². The van der Waals surface area contributed by atoms with Gasteiger partial charge in [-0.1, -0.05) is 26.0 Å². The van der Waals surface area contributed by atoms with E-state index in [1.54, 1.807) is 12.1 Å². The Labute approximate surface area is 94.4 Å². The summed E-state index contributed by atoms with van der Waals surface area (Å²) in [6, 6.07) is 4.81. The summed E-state index contributed by atoms with van der Waals surface area (Å²) in [5, 5.41) is 0. The van der Waals surface area contributed by atoms with Crippen LogP contribution in [-0.4, -0.2) is 11.9 Å². The van der Waals surface area contributed by atoms with Crippen molar-refractivity contribution < 1.29 is 13.9 Å². The fourth-order valence-electron chi connectivity index (χ4n) is 1.94. The molecule has 1 aromatic carbocycles. The van der Waals surface area contributed by atoms with E-state index in [0.717, 1.165) is 5.56 Å². The summed E-state index contributed by atoms with van der Waals surface area (Å²) in [5.74, 6) is 0.247. The van der Waals surface area contributed by atoms with Gasteiger partial charge in [-0.15, -0.1) is 0 Å². The van der Waals surface area contributed by atoms with Gasteiger partial charge in [-0.25, -0.2) is 4.39 Å².